The van der Waals surface area contributed by atoms with Gasteiger partial charge in [-0.3, -0.25) is 0 Å². The first kappa shape index (κ1) is 19.0. The van der Waals surface area contributed by atoms with E-state index in [1.54, 1.807) is 12.1 Å². The van der Waals surface area contributed by atoms with Crippen LogP contribution >= 0.6 is 0 Å². The molecule has 0 aliphatic rings. The number of anilines is 1. The average molecular weight is 375 g/mol. The van der Waals surface area contributed by atoms with Gasteiger partial charge in [0.15, 0.2) is 0 Å². The molecule has 3 aromatic rings. The highest BCUT2D eigenvalue weighted by atomic mass is 16.5. The molecule has 0 bridgehead atoms. The number of amides is 2. The minimum atomic E-state index is -0.419. The zero-order valence-electron chi connectivity index (χ0n) is 15.2. The van der Waals surface area contributed by atoms with Gasteiger partial charge < -0.3 is 14.8 Å². The molecule has 142 valence electrons. The van der Waals surface area contributed by atoms with Crippen molar-refractivity contribution in [3.8, 4) is 11.5 Å². The maximum atomic E-state index is 11.8. The fourth-order valence-corrected chi connectivity index (χ4v) is 2.39. The standard InChI is InChI=1S/C22H21N3O3/c26-22(24-19-10-3-1-4-11-19)25-23-17-18-9-7-8-14-21(18)28-16-15-27-20-12-5-2-6-13-20/h1-14,17H,15-16H2,(H2,24,25,26)/b23-17+. The third-order valence-electron chi connectivity index (χ3n) is 3.67. The van der Waals surface area contributed by atoms with Crippen LogP contribution in [0.25, 0.3) is 0 Å². The summed E-state index contributed by atoms with van der Waals surface area (Å²) in [6.45, 7) is 0.814. The number of hydrazone groups is 1. The Morgan fingerprint density at radius 2 is 1.46 bits per heavy atom. The van der Waals surface area contributed by atoms with E-state index in [1.165, 1.54) is 6.21 Å². The lowest BCUT2D eigenvalue weighted by Gasteiger charge is -2.10. The lowest BCUT2D eigenvalue weighted by Crippen LogP contribution is -2.24. The van der Waals surface area contributed by atoms with Crippen molar-refractivity contribution >= 4 is 17.9 Å². The van der Waals surface area contributed by atoms with Crippen molar-refractivity contribution in [2.75, 3.05) is 18.5 Å². The van der Waals surface area contributed by atoms with Crippen molar-refractivity contribution in [2.24, 2.45) is 5.10 Å². The molecular weight excluding hydrogens is 354 g/mol. The number of carbonyl (C=O) groups excluding carboxylic acids is 1. The van der Waals surface area contributed by atoms with Gasteiger partial charge in [-0.15, -0.1) is 0 Å². The molecule has 3 rings (SSSR count). The van der Waals surface area contributed by atoms with Gasteiger partial charge in [-0.25, -0.2) is 10.2 Å². The van der Waals surface area contributed by atoms with Crippen LogP contribution in [0.4, 0.5) is 10.5 Å². The van der Waals surface area contributed by atoms with Gasteiger partial charge in [-0.2, -0.15) is 5.10 Å². The van der Waals surface area contributed by atoms with Crippen molar-refractivity contribution in [1.82, 2.24) is 5.43 Å². The number of hydrogen-bond acceptors (Lipinski definition) is 4. The van der Waals surface area contributed by atoms with Crippen molar-refractivity contribution in [3.63, 3.8) is 0 Å². The predicted octanol–water partition coefficient (Wildman–Crippen LogP) is 4.30. The van der Waals surface area contributed by atoms with Crippen molar-refractivity contribution in [2.45, 2.75) is 0 Å². The molecule has 6 nitrogen and oxygen atoms in total. The summed E-state index contributed by atoms with van der Waals surface area (Å²) in [5, 5.41) is 6.66. The number of nitrogens with zero attached hydrogens (tertiary/aromatic N) is 1. The Morgan fingerprint density at radius 3 is 2.25 bits per heavy atom. The van der Waals surface area contributed by atoms with E-state index in [1.807, 2.05) is 72.8 Å². The van der Waals surface area contributed by atoms with E-state index in [9.17, 15) is 4.79 Å². The normalized spacial score (nSPS) is 10.4. The molecule has 0 aromatic heterocycles. The number of benzene rings is 3. The van der Waals surface area contributed by atoms with Gasteiger partial charge in [0.2, 0.25) is 0 Å². The molecule has 2 N–H and O–H groups in total. The lowest BCUT2D eigenvalue weighted by atomic mass is 10.2. The first-order chi connectivity index (χ1) is 13.8. The Balaban J connectivity index is 1.47. The van der Waals surface area contributed by atoms with Crippen LogP contribution < -0.4 is 20.2 Å². The van der Waals surface area contributed by atoms with Crippen molar-refractivity contribution in [3.05, 3.63) is 90.5 Å². The molecule has 3 aromatic carbocycles. The number of urea groups is 1. The van der Waals surface area contributed by atoms with E-state index in [0.717, 1.165) is 11.3 Å². The van der Waals surface area contributed by atoms with Crippen LogP contribution in [0.15, 0.2) is 90.0 Å². The van der Waals surface area contributed by atoms with Gasteiger partial charge in [0.25, 0.3) is 0 Å². The number of nitrogens with one attached hydrogen (secondary N) is 2. The molecule has 0 saturated carbocycles. The molecule has 0 saturated heterocycles. The SMILES string of the molecule is O=C(N/N=C/c1ccccc1OCCOc1ccccc1)Nc1ccccc1. The summed E-state index contributed by atoms with van der Waals surface area (Å²) in [4.78, 5) is 11.8. The van der Waals surface area contributed by atoms with Crippen LogP contribution in [0.2, 0.25) is 0 Å². The van der Waals surface area contributed by atoms with E-state index < -0.39 is 6.03 Å². The van der Waals surface area contributed by atoms with E-state index in [-0.39, 0.29) is 0 Å². The maximum Gasteiger partial charge on any atom is 0.339 e. The molecule has 2 amide bonds. The van der Waals surface area contributed by atoms with Gasteiger partial charge in [-0.1, -0.05) is 48.5 Å². The predicted molar refractivity (Wildman–Crippen MR) is 110 cm³/mol. The third kappa shape index (κ3) is 6.17. The number of ether oxygens (including phenoxy) is 2. The molecule has 0 heterocycles. The lowest BCUT2D eigenvalue weighted by molar-refractivity contribution is 0.217. The highest BCUT2D eigenvalue weighted by Crippen LogP contribution is 2.16. The summed E-state index contributed by atoms with van der Waals surface area (Å²) >= 11 is 0. The second-order valence-corrected chi connectivity index (χ2v) is 5.74. The minimum absolute atomic E-state index is 0.391. The largest absolute Gasteiger partial charge is 0.490 e. The van der Waals surface area contributed by atoms with Gasteiger partial charge in [0.05, 0.1) is 6.21 Å². The Morgan fingerprint density at radius 1 is 0.821 bits per heavy atom. The first-order valence-electron chi connectivity index (χ1n) is 8.86. The molecule has 0 aliphatic heterocycles. The van der Waals surface area contributed by atoms with Crippen molar-refractivity contribution in [1.29, 1.82) is 0 Å². The molecule has 0 unspecified atom stereocenters. The van der Waals surface area contributed by atoms with Crippen LogP contribution in [-0.4, -0.2) is 25.5 Å². The topological polar surface area (TPSA) is 72.0 Å². The quantitative estimate of drug-likeness (QED) is 0.350. The Bertz CT molecular complexity index is 899. The molecule has 6 heteroatoms. The Hall–Kier alpha value is -3.80. The highest BCUT2D eigenvalue weighted by Gasteiger charge is 2.02. The summed E-state index contributed by atoms with van der Waals surface area (Å²) in [6.07, 6.45) is 1.54. The fourth-order valence-electron chi connectivity index (χ4n) is 2.39. The summed E-state index contributed by atoms with van der Waals surface area (Å²) in [5.41, 5.74) is 3.88. The number of carbonyl (C=O) groups is 1. The van der Waals surface area contributed by atoms with Crippen LogP contribution in [0.1, 0.15) is 5.56 Å². The molecule has 0 aliphatic carbocycles. The molecular formula is C22H21N3O3. The van der Waals surface area contributed by atoms with Crippen LogP contribution in [0, 0.1) is 0 Å². The third-order valence-corrected chi connectivity index (χ3v) is 3.67. The highest BCUT2D eigenvalue weighted by molar-refractivity contribution is 5.90. The van der Waals surface area contributed by atoms with Gasteiger partial charge in [0, 0.05) is 11.3 Å². The summed E-state index contributed by atoms with van der Waals surface area (Å²) < 4.78 is 11.4. The van der Waals surface area contributed by atoms with E-state index >= 15 is 0 Å². The Labute approximate surface area is 163 Å². The monoisotopic (exact) mass is 375 g/mol. The molecule has 0 atom stereocenters. The average Bonchev–Trinajstić information content (AvgIpc) is 2.74. The van der Waals surface area contributed by atoms with Crippen LogP contribution in [0.5, 0.6) is 11.5 Å². The van der Waals surface area contributed by atoms with E-state index in [2.05, 4.69) is 15.8 Å². The minimum Gasteiger partial charge on any atom is -0.490 e. The second-order valence-electron chi connectivity index (χ2n) is 5.74. The molecule has 28 heavy (non-hydrogen) atoms. The zero-order chi connectivity index (χ0) is 19.4. The molecule has 0 fully saturated rings. The summed E-state index contributed by atoms with van der Waals surface area (Å²) in [5.74, 6) is 1.46. The van der Waals surface area contributed by atoms with Gasteiger partial charge in [-0.05, 0) is 36.4 Å². The van der Waals surface area contributed by atoms with E-state index in [0.29, 0.717) is 24.7 Å². The van der Waals surface area contributed by atoms with Crippen molar-refractivity contribution < 1.29 is 14.3 Å². The second kappa shape index (κ2) is 10.4. The van der Waals surface area contributed by atoms with Crippen LogP contribution in [0.3, 0.4) is 0 Å². The van der Waals surface area contributed by atoms with Crippen LogP contribution in [-0.2, 0) is 0 Å². The summed E-state index contributed by atoms with van der Waals surface area (Å²) in [7, 11) is 0. The number of rotatable bonds is 8. The maximum absolute atomic E-state index is 11.8. The smallest absolute Gasteiger partial charge is 0.339 e. The molecule has 0 radical (unpaired) electrons. The van der Waals surface area contributed by atoms with E-state index in [4.69, 9.17) is 9.47 Å². The zero-order valence-corrected chi connectivity index (χ0v) is 15.2. The number of para-hydroxylation sites is 3. The van der Waals surface area contributed by atoms with Gasteiger partial charge in [0.1, 0.15) is 24.7 Å². The summed E-state index contributed by atoms with van der Waals surface area (Å²) in [6, 6.07) is 25.7. The number of hydrogen-bond donors (Lipinski definition) is 2. The first-order valence-corrected chi connectivity index (χ1v) is 8.86. The Kier molecular flexibility index (Phi) is 7.03. The molecule has 0 spiro atoms. The fraction of sp³-hybridized carbons (Fsp3) is 0.0909. The van der Waals surface area contributed by atoms with Gasteiger partial charge >= 0.3 is 6.03 Å².